The van der Waals surface area contributed by atoms with Gasteiger partial charge in [-0.1, -0.05) is 30.3 Å². The van der Waals surface area contributed by atoms with Crippen LogP contribution in [-0.4, -0.2) is 45.2 Å². The number of esters is 2. The number of dihydropyridines is 1. The minimum Gasteiger partial charge on any atom is -0.497 e. The maximum Gasteiger partial charge on any atom is 0.336 e. The zero-order valence-corrected chi connectivity index (χ0v) is 22.3. The summed E-state index contributed by atoms with van der Waals surface area (Å²) >= 11 is 0. The van der Waals surface area contributed by atoms with Crippen LogP contribution in [0.3, 0.4) is 0 Å². The van der Waals surface area contributed by atoms with Gasteiger partial charge in [0, 0.05) is 28.8 Å². The molecule has 1 aliphatic heterocycles. The third-order valence-corrected chi connectivity index (χ3v) is 7.02. The fourth-order valence-electron chi connectivity index (χ4n) is 5.44. The van der Waals surface area contributed by atoms with Gasteiger partial charge in [-0.2, -0.15) is 0 Å². The number of para-hydroxylation sites is 1. The quantitative estimate of drug-likeness (QED) is 0.404. The summed E-state index contributed by atoms with van der Waals surface area (Å²) in [6, 6.07) is 14.6. The average Bonchev–Trinajstić information content (AvgIpc) is 2.92. The van der Waals surface area contributed by atoms with Crippen LogP contribution in [0, 0.1) is 5.92 Å². The number of nitrogens with one attached hydrogen (secondary N) is 1. The summed E-state index contributed by atoms with van der Waals surface area (Å²) in [7, 11) is 3.11. The molecule has 2 aliphatic rings. The first kappa shape index (κ1) is 27.0. The molecule has 0 fully saturated rings. The number of benzene rings is 2. The molecule has 3 atom stereocenters. The Bertz CT molecular complexity index is 1310. The summed E-state index contributed by atoms with van der Waals surface area (Å²) in [5, 5.41) is 3.31. The molecule has 2 aromatic rings. The molecule has 2 aromatic carbocycles. The number of ketones is 1. The van der Waals surface area contributed by atoms with Crippen molar-refractivity contribution in [2.45, 2.75) is 39.0 Å². The SMILES string of the molecule is CCOC(=O)C1=C(C)NC2=C(C(=O)[C@H](C(=O)OCC)[C@@H](c3ccccc3OC)C2)[C@H]1c1cccc(OC)c1. The second-order valence-electron chi connectivity index (χ2n) is 9.13. The fraction of sp³-hybridized carbons (Fsp3) is 0.367. The van der Waals surface area contributed by atoms with Crippen molar-refractivity contribution in [2.24, 2.45) is 5.92 Å². The maximum absolute atomic E-state index is 14.4. The highest BCUT2D eigenvalue weighted by molar-refractivity contribution is 6.13. The number of methoxy groups -OCH3 is 2. The number of Topliss-reactive ketones (excluding diaryl/α,β-unsaturated/α-hetero) is 1. The van der Waals surface area contributed by atoms with Gasteiger partial charge in [0.1, 0.15) is 17.4 Å². The molecule has 1 N–H and O–H groups in total. The topological polar surface area (TPSA) is 100 Å². The van der Waals surface area contributed by atoms with Crippen LogP contribution in [0.4, 0.5) is 0 Å². The second kappa shape index (κ2) is 11.5. The number of rotatable bonds is 8. The Labute approximate surface area is 222 Å². The summed E-state index contributed by atoms with van der Waals surface area (Å²) in [4.78, 5) is 40.9. The van der Waals surface area contributed by atoms with Gasteiger partial charge < -0.3 is 24.3 Å². The van der Waals surface area contributed by atoms with Crippen molar-refractivity contribution >= 4 is 17.7 Å². The van der Waals surface area contributed by atoms with Crippen molar-refractivity contribution in [3.63, 3.8) is 0 Å². The zero-order valence-electron chi connectivity index (χ0n) is 22.3. The Morgan fingerprint density at radius 3 is 2.39 bits per heavy atom. The standard InChI is InChI=1S/C30H33NO7/c1-6-37-29(33)24-17(3)31-22-16-21(20-13-8-9-14-23(20)36-5)26(30(34)38-7-2)28(32)27(22)25(24)18-11-10-12-19(15-18)35-4/h8-15,21,25-26,31H,6-7,16H2,1-5H3/t21-,25+,26-/m1/s1. The van der Waals surface area contributed by atoms with Crippen molar-refractivity contribution in [1.82, 2.24) is 5.32 Å². The van der Waals surface area contributed by atoms with Crippen molar-refractivity contribution in [1.29, 1.82) is 0 Å². The van der Waals surface area contributed by atoms with E-state index in [0.717, 1.165) is 5.56 Å². The second-order valence-corrected chi connectivity index (χ2v) is 9.13. The van der Waals surface area contributed by atoms with Crippen LogP contribution in [0.1, 0.15) is 50.2 Å². The first-order valence-electron chi connectivity index (χ1n) is 12.7. The van der Waals surface area contributed by atoms with Crippen molar-refractivity contribution in [3.8, 4) is 11.5 Å². The molecule has 38 heavy (non-hydrogen) atoms. The number of hydrogen-bond acceptors (Lipinski definition) is 8. The molecule has 0 bridgehead atoms. The fourth-order valence-corrected chi connectivity index (χ4v) is 5.44. The maximum atomic E-state index is 14.4. The van der Waals surface area contributed by atoms with Crippen molar-refractivity contribution < 1.29 is 33.3 Å². The van der Waals surface area contributed by atoms with E-state index in [1.54, 1.807) is 47.1 Å². The molecular formula is C30H33NO7. The van der Waals surface area contributed by atoms with Crippen LogP contribution in [0.15, 0.2) is 71.1 Å². The van der Waals surface area contributed by atoms with E-state index in [0.29, 0.717) is 46.0 Å². The van der Waals surface area contributed by atoms with Crippen molar-refractivity contribution in [3.05, 3.63) is 82.2 Å². The number of allylic oxidation sites excluding steroid dienone is 3. The number of carbonyl (C=O) groups excluding carboxylic acids is 3. The predicted octanol–water partition coefficient (Wildman–Crippen LogP) is 4.42. The van der Waals surface area contributed by atoms with Gasteiger partial charge in [0.25, 0.3) is 0 Å². The minimum atomic E-state index is -1.11. The third kappa shape index (κ3) is 4.90. The molecule has 0 amide bonds. The van der Waals surface area contributed by atoms with E-state index >= 15 is 0 Å². The lowest BCUT2D eigenvalue weighted by atomic mass is 9.67. The summed E-state index contributed by atoms with van der Waals surface area (Å²) in [5.41, 5.74) is 3.36. The van der Waals surface area contributed by atoms with Crippen molar-refractivity contribution in [2.75, 3.05) is 27.4 Å². The van der Waals surface area contributed by atoms with Gasteiger partial charge >= 0.3 is 11.9 Å². The third-order valence-electron chi connectivity index (χ3n) is 7.02. The van der Waals surface area contributed by atoms with E-state index in [1.807, 2.05) is 36.4 Å². The Hall–Kier alpha value is -4.07. The smallest absolute Gasteiger partial charge is 0.336 e. The number of hydrogen-bond donors (Lipinski definition) is 1. The van der Waals surface area contributed by atoms with Gasteiger partial charge in [0.15, 0.2) is 5.78 Å². The molecule has 0 spiro atoms. The molecule has 8 nitrogen and oxygen atoms in total. The molecular weight excluding hydrogens is 486 g/mol. The molecule has 0 radical (unpaired) electrons. The van der Waals surface area contributed by atoms with E-state index < -0.39 is 35.5 Å². The summed E-state index contributed by atoms with van der Waals surface area (Å²) in [6.45, 7) is 5.55. The summed E-state index contributed by atoms with van der Waals surface area (Å²) in [5.74, 6) is -2.73. The normalized spacial score (nSPS) is 20.9. The lowest BCUT2D eigenvalue weighted by Gasteiger charge is -2.39. The first-order valence-corrected chi connectivity index (χ1v) is 12.7. The lowest BCUT2D eigenvalue weighted by Crippen LogP contribution is -2.43. The lowest BCUT2D eigenvalue weighted by molar-refractivity contribution is -0.152. The van der Waals surface area contributed by atoms with Gasteiger partial charge in [-0.05, 0) is 56.5 Å². The molecule has 0 saturated heterocycles. The van der Waals surface area contributed by atoms with Crippen LogP contribution in [-0.2, 0) is 23.9 Å². The van der Waals surface area contributed by atoms with E-state index in [9.17, 15) is 14.4 Å². The van der Waals surface area contributed by atoms with E-state index in [1.165, 1.54) is 0 Å². The largest absolute Gasteiger partial charge is 0.497 e. The first-order chi connectivity index (χ1) is 18.4. The molecule has 4 rings (SSSR count). The molecule has 200 valence electrons. The highest BCUT2D eigenvalue weighted by Crippen LogP contribution is 2.49. The van der Waals surface area contributed by atoms with Crippen LogP contribution >= 0.6 is 0 Å². The van der Waals surface area contributed by atoms with Gasteiger partial charge in [0.2, 0.25) is 0 Å². The van der Waals surface area contributed by atoms with Crippen LogP contribution < -0.4 is 14.8 Å². The zero-order chi connectivity index (χ0) is 27.4. The highest BCUT2D eigenvalue weighted by Gasteiger charge is 2.49. The summed E-state index contributed by atoms with van der Waals surface area (Å²) < 4.78 is 21.8. The number of ether oxygens (including phenoxy) is 4. The Kier molecular flexibility index (Phi) is 8.20. The summed E-state index contributed by atoms with van der Waals surface area (Å²) in [6.07, 6.45) is 0.346. The van der Waals surface area contributed by atoms with E-state index in [2.05, 4.69) is 5.32 Å². The molecule has 0 saturated carbocycles. The highest BCUT2D eigenvalue weighted by atomic mass is 16.5. The Morgan fingerprint density at radius 2 is 1.71 bits per heavy atom. The number of carbonyl (C=O) groups is 3. The van der Waals surface area contributed by atoms with Gasteiger partial charge in [-0.15, -0.1) is 0 Å². The van der Waals surface area contributed by atoms with Gasteiger partial charge in [0.05, 0.1) is 33.0 Å². The monoisotopic (exact) mass is 519 g/mol. The van der Waals surface area contributed by atoms with E-state index in [4.69, 9.17) is 18.9 Å². The van der Waals surface area contributed by atoms with Gasteiger partial charge in [-0.3, -0.25) is 9.59 Å². The van der Waals surface area contributed by atoms with Crippen LogP contribution in [0.25, 0.3) is 0 Å². The van der Waals surface area contributed by atoms with Crippen LogP contribution in [0.5, 0.6) is 11.5 Å². The molecule has 0 aromatic heterocycles. The van der Waals surface area contributed by atoms with E-state index in [-0.39, 0.29) is 13.2 Å². The Morgan fingerprint density at radius 1 is 0.974 bits per heavy atom. The van der Waals surface area contributed by atoms with Gasteiger partial charge in [-0.25, -0.2) is 4.79 Å². The Balaban J connectivity index is 1.93. The molecule has 1 heterocycles. The average molecular weight is 520 g/mol. The molecule has 1 aliphatic carbocycles. The minimum absolute atomic E-state index is 0.137. The molecule has 0 unspecified atom stereocenters. The molecule has 8 heteroatoms. The predicted molar refractivity (Wildman–Crippen MR) is 141 cm³/mol. The van der Waals surface area contributed by atoms with Crippen LogP contribution in [0.2, 0.25) is 0 Å².